The summed E-state index contributed by atoms with van der Waals surface area (Å²) in [5.74, 6) is 0.492. The lowest BCUT2D eigenvalue weighted by Gasteiger charge is -2.13. The number of benzene rings is 1. The van der Waals surface area contributed by atoms with Crippen LogP contribution in [0.25, 0.3) is 34.0 Å². The summed E-state index contributed by atoms with van der Waals surface area (Å²) in [5.41, 5.74) is 4.73. The average molecular weight is 357 g/mol. The molecule has 0 aliphatic carbocycles. The van der Waals surface area contributed by atoms with Gasteiger partial charge in [-0.25, -0.2) is 9.97 Å². The first-order valence-corrected chi connectivity index (χ1v) is 8.57. The molecule has 3 aromatic heterocycles. The van der Waals surface area contributed by atoms with Crippen molar-refractivity contribution in [1.82, 2.24) is 35.3 Å². The summed E-state index contributed by atoms with van der Waals surface area (Å²) in [5, 5.41) is 14.3. The molecule has 0 spiro atoms. The summed E-state index contributed by atoms with van der Waals surface area (Å²) in [7, 11) is 0. The molecule has 2 N–H and O–H groups in total. The first-order valence-electron chi connectivity index (χ1n) is 8.57. The van der Waals surface area contributed by atoms with E-state index in [1.165, 1.54) is 0 Å². The summed E-state index contributed by atoms with van der Waals surface area (Å²) in [4.78, 5) is 21.0. The Morgan fingerprint density at radius 3 is 2.78 bits per heavy atom. The van der Waals surface area contributed by atoms with Gasteiger partial charge < -0.3 is 5.32 Å². The zero-order valence-corrected chi connectivity index (χ0v) is 14.3. The van der Waals surface area contributed by atoms with Crippen LogP contribution in [0.1, 0.15) is 10.5 Å². The summed E-state index contributed by atoms with van der Waals surface area (Å²) >= 11 is 0. The Bertz CT molecular complexity index is 1130. The number of hydrogen-bond donors (Lipinski definition) is 2. The van der Waals surface area contributed by atoms with Crippen molar-refractivity contribution in [2.45, 2.75) is 6.54 Å². The highest BCUT2D eigenvalue weighted by molar-refractivity contribution is 5.94. The van der Waals surface area contributed by atoms with E-state index in [0.717, 1.165) is 16.8 Å². The van der Waals surface area contributed by atoms with Crippen LogP contribution in [0.2, 0.25) is 0 Å². The van der Waals surface area contributed by atoms with Crippen LogP contribution in [0.4, 0.5) is 0 Å². The summed E-state index contributed by atoms with van der Waals surface area (Å²) in [6, 6.07) is 13.4. The maximum absolute atomic E-state index is 12.0. The minimum absolute atomic E-state index is 0.110. The van der Waals surface area contributed by atoms with Crippen molar-refractivity contribution < 1.29 is 4.79 Å². The van der Waals surface area contributed by atoms with E-state index in [-0.39, 0.29) is 5.91 Å². The van der Waals surface area contributed by atoms with Gasteiger partial charge in [0.2, 0.25) is 0 Å². The van der Waals surface area contributed by atoms with E-state index < -0.39 is 0 Å². The molecule has 1 aliphatic rings. The van der Waals surface area contributed by atoms with Crippen LogP contribution >= 0.6 is 0 Å². The molecule has 0 atom stereocenters. The van der Waals surface area contributed by atoms with Gasteiger partial charge in [-0.05, 0) is 24.3 Å². The lowest BCUT2D eigenvalue weighted by molar-refractivity contribution is 0.0924. The van der Waals surface area contributed by atoms with Crippen molar-refractivity contribution in [2.24, 2.45) is 0 Å². The van der Waals surface area contributed by atoms with E-state index in [1.54, 1.807) is 29.2 Å². The fourth-order valence-electron chi connectivity index (χ4n) is 3.14. The van der Waals surface area contributed by atoms with Gasteiger partial charge >= 0.3 is 0 Å². The van der Waals surface area contributed by atoms with Gasteiger partial charge in [-0.3, -0.25) is 14.6 Å². The van der Waals surface area contributed by atoms with Crippen LogP contribution in [-0.4, -0.2) is 42.4 Å². The molecule has 4 aromatic rings. The highest BCUT2D eigenvalue weighted by Gasteiger charge is 2.20. The number of aromatic nitrogens is 6. The average Bonchev–Trinajstić information content (AvgIpc) is 3.39. The number of carbonyl (C=O) groups is 1. The molecule has 0 radical (unpaired) electrons. The predicted molar refractivity (Wildman–Crippen MR) is 98.6 cm³/mol. The van der Waals surface area contributed by atoms with Crippen LogP contribution in [0.15, 0.2) is 54.9 Å². The number of hydrogen-bond acceptors (Lipinski definition) is 5. The second-order valence-electron chi connectivity index (χ2n) is 6.21. The molecule has 1 aliphatic heterocycles. The van der Waals surface area contributed by atoms with E-state index in [1.807, 2.05) is 30.3 Å². The number of carbonyl (C=O) groups excluding carboxylic acids is 1. The van der Waals surface area contributed by atoms with Gasteiger partial charge in [-0.2, -0.15) is 10.2 Å². The molecular formula is C19H15N7O. The van der Waals surface area contributed by atoms with Gasteiger partial charge in [-0.15, -0.1) is 0 Å². The summed E-state index contributed by atoms with van der Waals surface area (Å²) in [6.07, 6.45) is 3.43. The number of fused-ring (bicyclic) bond motifs is 1. The zero-order valence-electron chi connectivity index (χ0n) is 14.3. The third kappa shape index (κ3) is 2.77. The Labute approximate surface area is 154 Å². The highest BCUT2D eigenvalue weighted by Crippen LogP contribution is 2.25. The second kappa shape index (κ2) is 6.17. The van der Waals surface area contributed by atoms with Crippen LogP contribution < -0.4 is 5.32 Å². The topological polar surface area (TPSA) is 101 Å². The van der Waals surface area contributed by atoms with Gasteiger partial charge in [0.05, 0.1) is 17.9 Å². The second-order valence-corrected chi connectivity index (χ2v) is 6.21. The Kier molecular flexibility index (Phi) is 3.53. The molecule has 0 fully saturated rings. The Balaban J connectivity index is 1.53. The Hall–Kier alpha value is -3.81. The lowest BCUT2D eigenvalue weighted by Crippen LogP contribution is -2.35. The molecule has 1 aromatic carbocycles. The molecule has 4 heterocycles. The number of amides is 1. The Morgan fingerprint density at radius 1 is 1.00 bits per heavy atom. The van der Waals surface area contributed by atoms with E-state index >= 15 is 0 Å². The molecule has 8 nitrogen and oxygen atoms in total. The van der Waals surface area contributed by atoms with Crippen LogP contribution in [0, 0.1) is 0 Å². The molecule has 0 saturated carbocycles. The molecule has 1 amide bonds. The van der Waals surface area contributed by atoms with Gasteiger partial charge in [0, 0.05) is 30.1 Å². The first kappa shape index (κ1) is 15.4. The third-order valence-corrected chi connectivity index (χ3v) is 4.47. The van der Waals surface area contributed by atoms with Crippen molar-refractivity contribution in [2.75, 3.05) is 6.54 Å². The molecule has 0 saturated heterocycles. The van der Waals surface area contributed by atoms with E-state index in [4.69, 9.17) is 0 Å². The van der Waals surface area contributed by atoms with Crippen molar-refractivity contribution in [3.8, 4) is 34.0 Å². The first-order chi connectivity index (χ1) is 13.3. The van der Waals surface area contributed by atoms with Gasteiger partial charge in [0.25, 0.3) is 5.91 Å². The molecule has 5 rings (SSSR count). The minimum atomic E-state index is -0.110. The standard InChI is InChI=1S/C19H15N7O/c27-19-17-11-16(25-26(17)9-8-21-19)15-4-6-20-18(23-15)13-3-1-2-12(10-13)14-5-7-22-24-14/h1-7,10-11H,8-9H2,(H,21,27)(H,22,24). The fourth-order valence-corrected chi connectivity index (χ4v) is 3.14. The van der Waals surface area contributed by atoms with Crippen LogP contribution in [0.3, 0.4) is 0 Å². The normalized spacial score (nSPS) is 13.3. The summed E-state index contributed by atoms with van der Waals surface area (Å²) < 4.78 is 1.72. The number of rotatable bonds is 3. The predicted octanol–water partition coefficient (Wildman–Crippen LogP) is 2.14. The third-order valence-electron chi connectivity index (χ3n) is 4.47. The minimum Gasteiger partial charge on any atom is -0.349 e. The largest absolute Gasteiger partial charge is 0.349 e. The number of nitrogens with one attached hydrogen (secondary N) is 2. The summed E-state index contributed by atoms with van der Waals surface area (Å²) in [6.45, 7) is 1.24. The molecule has 8 heteroatoms. The monoisotopic (exact) mass is 357 g/mol. The Morgan fingerprint density at radius 2 is 1.93 bits per heavy atom. The van der Waals surface area contributed by atoms with Gasteiger partial charge in [0.1, 0.15) is 11.4 Å². The molecule has 27 heavy (non-hydrogen) atoms. The van der Waals surface area contributed by atoms with E-state index in [2.05, 4.69) is 30.6 Å². The molecular weight excluding hydrogens is 342 g/mol. The smallest absolute Gasteiger partial charge is 0.269 e. The number of nitrogens with zero attached hydrogens (tertiary/aromatic N) is 5. The van der Waals surface area contributed by atoms with E-state index in [0.29, 0.717) is 36.0 Å². The van der Waals surface area contributed by atoms with E-state index in [9.17, 15) is 4.79 Å². The van der Waals surface area contributed by atoms with Gasteiger partial charge in [0.15, 0.2) is 5.82 Å². The van der Waals surface area contributed by atoms with Crippen molar-refractivity contribution in [3.05, 3.63) is 60.6 Å². The van der Waals surface area contributed by atoms with Crippen molar-refractivity contribution in [3.63, 3.8) is 0 Å². The molecule has 132 valence electrons. The number of aromatic amines is 1. The fraction of sp³-hybridized carbons (Fsp3) is 0.105. The molecule has 0 bridgehead atoms. The SMILES string of the molecule is O=C1NCCn2nc(-c3ccnc(-c4cccc(-c5ccn[nH]5)c4)n3)cc21. The highest BCUT2D eigenvalue weighted by atomic mass is 16.2. The zero-order chi connectivity index (χ0) is 18.2. The number of H-pyrrole nitrogens is 1. The van der Waals surface area contributed by atoms with Crippen LogP contribution in [-0.2, 0) is 6.54 Å². The maximum Gasteiger partial charge on any atom is 0.269 e. The van der Waals surface area contributed by atoms with Crippen molar-refractivity contribution >= 4 is 5.91 Å². The van der Waals surface area contributed by atoms with Crippen molar-refractivity contribution in [1.29, 1.82) is 0 Å². The van der Waals surface area contributed by atoms with Gasteiger partial charge in [-0.1, -0.05) is 18.2 Å². The van der Waals surface area contributed by atoms with Crippen LogP contribution in [0.5, 0.6) is 0 Å². The lowest BCUT2D eigenvalue weighted by atomic mass is 10.1. The maximum atomic E-state index is 12.0. The molecule has 0 unspecified atom stereocenters. The quantitative estimate of drug-likeness (QED) is 0.585.